The fourth-order valence-corrected chi connectivity index (χ4v) is 3.40. The summed E-state index contributed by atoms with van der Waals surface area (Å²) in [5.41, 5.74) is 5.30. The van der Waals surface area contributed by atoms with E-state index in [4.69, 9.17) is 15.6 Å². The number of hydrogen-bond acceptors (Lipinski definition) is 5. The molecule has 1 saturated heterocycles. The molecular weight excluding hydrogens is 270 g/mol. The highest BCUT2D eigenvalue weighted by Crippen LogP contribution is 2.50. The van der Waals surface area contributed by atoms with E-state index in [0.717, 1.165) is 13.1 Å². The van der Waals surface area contributed by atoms with Crippen LogP contribution in [0.1, 0.15) is 27.2 Å². The highest BCUT2D eigenvalue weighted by Gasteiger charge is 2.63. The van der Waals surface area contributed by atoms with Crippen molar-refractivity contribution in [1.82, 2.24) is 9.80 Å². The van der Waals surface area contributed by atoms with Crippen molar-refractivity contribution < 1.29 is 14.6 Å². The maximum atomic E-state index is 12.8. The van der Waals surface area contributed by atoms with Crippen molar-refractivity contribution in [3.8, 4) is 0 Å². The second kappa shape index (κ2) is 6.20. The second-order valence-corrected chi connectivity index (χ2v) is 6.70. The number of ether oxygens (including phenoxy) is 1. The van der Waals surface area contributed by atoms with E-state index < -0.39 is 5.54 Å². The van der Waals surface area contributed by atoms with Crippen LogP contribution in [0.25, 0.3) is 0 Å². The van der Waals surface area contributed by atoms with Crippen LogP contribution in [0, 0.1) is 5.41 Å². The Morgan fingerprint density at radius 2 is 1.95 bits per heavy atom. The summed E-state index contributed by atoms with van der Waals surface area (Å²) in [6, 6.07) is 0. The molecule has 1 saturated carbocycles. The summed E-state index contributed by atoms with van der Waals surface area (Å²) < 4.78 is 5.69. The lowest BCUT2D eigenvalue weighted by Crippen LogP contribution is -2.76. The Bertz CT molecular complexity index is 380. The first-order valence-corrected chi connectivity index (χ1v) is 7.90. The molecule has 0 aromatic carbocycles. The number of β-amino-alcohol motifs (C(OH)–C–C–N with tert-alkyl or cyclic N) is 1. The second-order valence-electron chi connectivity index (χ2n) is 6.70. The minimum atomic E-state index is -0.814. The largest absolute Gasteiger partial charge is 0.395 e. The summed E-state index contributed by atoms with van der Waals surface area (Å²) in [4.78, 5) is 16.9. The van der Waals surface area contributed by atoms with Crippen LogP contribution in [-0.2, 0) is 9.53 Å². The lowest BCUT2D eigenvalue weighted by atomic mass is 9.54. The number of carbonyl (C=O) groups excluding carboxylic acids is 1. The summed E-state index contributed by atoms with van der Waals surface area (Å²) in [5.74, 6) is 0.0482. The average Bonchev–Trinajstić information content (AvgIpc) is 2.47. The molecule has 21 heavy (non-hydrogen) atoms. The third kappa shape index (κ3) is 2.82. The van der Waals surface area contributed by atoms with Gasteiger partial charge in [-0.2, -0.15) is 0 Å². The predicted octanol–water partition coefficient (Wildman–Crippen LogP) is -0.345. The van der Waals surface area contributed by atoms with Crippen molar-refractivity contribution in [3.63, 3.8) is 0 Å². The summed E-state index contributed by atoms with van der Waals surface area (Å²) in [5, 5.41) is 8.96. The van der Waals surface area contributed by atoms with Crippen LogP contribution in [0.4, 0.5) is 0 Å². The van der Waals surface area contributed by atoms with Crippen molar-refractivity contribution in [1.29, 1.82) is 0 Å². The topological polar surface area (TPSA) is 79.0 Å². The summed E-state index contributed by atoms with van der Waals surface area (Å²) in [6.45, 7) is 10.5. The molecule has 2 fully saturated rings. The molecule has 0 spiro atoms. The Morgan fingerprint density at radius 1 is 1.33 bits per heavy atom. The molecule has 2 rings (SSSR count). The van der Waals surface area contributed by atoms with Gasteiger partial charge in [0.2, 0.25) is 5.91 Å². The molecule has 2 aliphatic rings. The van der Waals surface area contributed by atoms with Gasteiger partial charge in [-0.3, -0.25) is 9.69 Å². The van der Waals surface area contributed by atoms with Gasteiger partial charge in [0.25, 0.3) is 0 Å². The molecule has 0 aromatic rings. The Balaban J connectivity index is 1.95. The fourth-order valence-electron chi connectivity index (χ4n) is 3.40. The third-order valence-corrected chi connectivity index (χ3v) is 5.29. The SMILES string of the molecule is CCOC1CC(N)(C(=O)N2CCN(CCO)CC2)C1(C)C. The van der Waals surface area contributed by atoms with E-state index in [1.807, 2.05) is 25.7 Å². The van der Waals surface area contributed by atoms with E-state index in [2.05, 4.69) is 4.90 Å². The van der Waals surface area contributed by atoms with Crippen molar-refractivity contribution in [2.75, 3.05) is 45.9 Å². The molecule has 1 amide bonds. The lowest BCUT2D eigenvalue weighted by Gasteiger charge is -2.59. The Labute approximate surface area is 127 Å². The quantitative estimate of drug-likeness (QED) is 0.726. The number of rotatable bonds is 5. The van der Waals surface area contributed by atoms with E-state index >= 15 is 0 Å². The lowest BCUT2D eigenvalue weighted by molar-refractivity contribution is -0.180. The number of carbonyl (C=O) groups is 1. The molecule has 0 bridgehead atoms. The van der Waals surface area contributed by atoms with E-state index in [9.17, 15) is 4.79 Å². The first-order valence-electron chi connectivity index (χ1n) is 7.90. The Kier molecular flexibility index (Phi) is 4.92. The first kappa shape index (κ1) is 16.7. The molecule has 122 valence electrons. The van der Waals surface area contributed by atoms with Gasteiger partial charge < -0.3 is 20.5 Å². The zero-order valence-electron chi connectivity index (χ0n) is 13.5. The van der Waals surface area contributed by atoms with Crippen molar-refractivity contribution >= 4 is 5.91 Å². The minimum Gasteiger partial charge on any atom is -0.395 e. The zero-order valence-corrected chi connectivity index (χ0v) is 13.5. The third-order valence-electron chi connectivity index (χ3n) is 5.29. The van der Waals surface area contributed by atoms with Crippen LogP contribution < -0.4 is 5.73 Å². The number of nitrogens with zero attached hydrogens (tertiary/aromatic N) is 2. The van der Waals surface area contributed by atoms with Crippen LogP contribution in [0.2, 0.25) is 0 Å². The van der Waals surface area contributed by atoms with Crippen molar-refractivity contribution in [2.45, 2.75) is 38.8 Å². The molecule has 2 unspecified atom stereocenters. The molecule has 0 radical (unpaired) electrons. The average molecular weight is 299 g/mol. The summed E-state index contributed by atoms with van der Waals surface area (Å²) >= 11 is 0. The van der Waals surface area contributed by atoms with Gasteiger partial charge in [-0.05, 0) is 6.92 Å². The number of nitrogens with two attached hydrogens (primary N) is 1. The van der Waals surface area contributed by atoms with Crippen LogP contribution in [0.15, 0.2) is 0 Å². The summed E-state index contributed by atoms with van der Waals surface area (Å²) in [7, 11) is 0. The van der Waals surface area contributed by atoms with Crippen LogP contribution in [0.5, 0.6) is 0 Å². The Hall–Kier alpha value is -0.690. The highest BCUT2D eigenvalue weighted by atomic mass is 16.5. The van der Waals surface area contributed by atoms with Gasteiger partial charge in [0, 0.05) is 51.2 Å². The Morgan fingerprint density at radius 3 is 2.43 bits per heavy atom. The predicted molar refractivity (Wildman–Crippen MR) is 80.8 cm³/mol. The normalized spacial score (nSPS) is 32.8. The number of hydrogen-bond donors (Lipinski definition) is 2. The number of piperazine rings is 1. The van der Waals surface area contributed by atoms with Crippen LogP contribution >= 0.6 is 0 Å². The molecule has 3 N–H and O–H groups in total. The number of aliphatic hydroxyl groups is 1. The molecule has 2 atom stereocenters. The van der Waals surface area contributed by atoms with Gasteiger partial charge in [-0.25, -0.2) is 0 Å². The zero-order chi connectivity index (χ0) is 15.7. The van der Waals surface area contributed by atoms with Crippen molar-refractivity contribution in [2.24, 2.45) is 11.1 Å². The maximum absolute atomic E-state index is 12.8. The molecule has 1 aliphatic carbocycles. The first-order chi connectivity index (χ1) is 9.86. The fraction of sp³-hybridized carbons (Fsp3) is 0.933. The van der Waals surface area contributed by atoms with E-state index in [-0.39, 0.29) is 24.0 Å². The molecular formula is C15H29N3O3. The van der Waals surface area contributed by atoms with Crippen molar-refractivity contribution in [3.05, 3.63) is 0 Å². The van der Waals surface area contributed by atoms with Crippen LogP contribution in [-0.4, -0.2) is 78.4 Å². The number of aliphatic hydroxyl groups excluding tert-OH is 1. The summed E-state index contributed by atoms with van der Waals surface area (Å²) in [6.07, 6.45) is 0.663. The standard InChI is InChI=1S/C15H29N3O3/c1-4-21-12-11-15(16,14(12,2)3)13(20)18-7-5-17(6-8-18)9-10-19/h12,19H,4-11,16H2,1-3H3. The van der Waals surface area contributed by atoms with E-state index in [1.54, 1.807) is 0 Å². The van der Waals surface area contributed by atoms with Gasteiger partial charge in [-0.1, -0.05) is 13.8 Å². The van der Waals surface area contributed by atoms with Gasteiger partial charge in [-0.15, -0.1) is 0 Å². The monoisotopic (exact) mass is 299 g/mol. The highest BCUT2D eigenvalue weighted by molar-refractivity contribution is 5.89. The van der Waals surface area contributed by atoms with Gasteiger partial charge in [0.1, 0.15) is 5.54 Å². The molecule has 0 aromatic heterocycles. The van der Waals surface area contributed by atoms with E-state index in [0.29, 0.717) is 32.7 Å². The molecule has 6 heteroatoms. The maximum Gasteiger partial charge on any atom is 0.243 e. The van der Waals surface area contributed by atoms with Gasteiger partial charge in [0.05, 0.1) is 12.7 Å². The van der Waals surface area contributed by atoms with Gasteiger partial charge >= 0.3 is 0 Å². The smallest absolute Gasteiger partial charge is 0.243 e. The van der Waals surface area contributed by atoms with E-state index in [1.165, 1.54) is 0 Å². The molecule has 1 heterocycles. The van der Waals surface area contributed by atoms with Crippen LogP contribution in [0.3, 0.4) is 0 Å². The minimum absolute atomic E-state index is 0.0482. The van der Waals surface area contributed by atoms with Gasteiger partial charge in [0.15, 0.2) is 0 Å². The number of amides is 1. The molecule has 6 nitrogen and oxygen atoms in total. The molecule has 1 aliphatic heterocycles.